The van der Waals surface area contributed by atoms with Crippen molar-refractivity contribution in [2.45, 2.75) is 33.1 Å². The van der Waals surface area contributed by atoms with E-state index in [1.54, 1.807) is 6.20 Å². The average molecular weight is 182 g/mol. The highest BCUT2D eigenvalue weighted by Gasteiger charge is 1.98. The minimum absolute atomic E-state index is 0.857. The van der Waals surface area contributed by atoms with Gasteiger partial charge in [0, 0.05) is 6.42 Å². The lowest BCUT2D eigenvalue weighted by Crippen LogP contribution is -2.16. The smallest absolute Gasteiger partial charge is 0.194 e. The molecule has 1 aromatic rings. The number of hydrogen-bond donors (Lipinski definition) is 1. The maximum absolute atomic E-state index is 5.35. The van der Waals surface area contributed by atoms with Crippen molar-refractivity contribution in [1.29, 1.82) is 0 Å². The van der Waals surface area contributed by atoms with Gasteiger partial charge < -0.3 is 9.73 Å². The summed E-state index contributed by atoms with van der Waals surface area (Å²) in [6.07, 6.45) is 5.00. The summed E-state index contributed by atoms with van der Waals surface area (Å²) in [7, 11) is 0. The molecule has 0 unspecified atom stereocenters. The molecule has 1 heterocycles. The largest absolute Gasteiger partial charge is 0.446 e. The van der Waals surface area contributed by atoms with Crippen LogP contribution in [0, 0.1) is 6.92 Å². The fourth-order valence-electron chi connectivity index (χ4n) is 1.18. The van der Waals surface area contributed by atoms with Gasteiger partial charge in [0.2, 0.25) is 0 Å². The van der Waals surface area contributed by atoms with E-state index in [0.29, 0.717) is 0 Å². The van der Waals surface area contributed by atoms with Gasteiger partial charge in [0.05, 0.1) is 6.20 Å². The third-order valence-electron chi connectivity index (χ3n) is 1.84. The van der Waals surface area contributed by atoms with Crippen LogP contribution in [0.3, 0.4) is 0 Å². The van der Waals surface area contributed by atoms with E-state index < -0.39 is 0 Å². The lowest BCUT2D eigenvalue weighted by atomic mass is 10.3. The average Bonchev–Trinajstić information content (AvgIpc) is 2.51. The van der Waals surface area contributed by atoms with Crippen LogP contribution in [-0.4, -0.2) is 18.1 Å². The van der Waals surface area contributed by atoms with Crippen molar-refractivity contribution >= 4 is 0 Å². The maximum Gasteiger partial charge on any atom is 0.194 e. The Labute approximate surface area is 79.5 Å². The van der Waals surface area contributed by atoms with E-state index in [1.165, 1.54) is 6.42 Å². The zero-order valence-electron chi connectivity index (χ0n) is 8.47. The second-order valence-corrected chi connectivity index (χ2v) is 3.22. The summed E-state index contributed by atoms with van der Waals surface area (Å²) in [5.41, 5.74) is 0. The SMILES string of the molecule is CCCNCCCc1ncc(C)o1. The van der Waals surface area contributed by atoms with Gasteiger partial charge in [0.15, 0.2) is 5.89 Å². The summed E-state index contributed by atoms with van der Waals surface area (Å²) in [5, 5.41) is 3.34. The molecule has 3 nitrogen and oxygen atoms in total. The Morgan fingerprint density at radius 3 is 2.92 bits per heavy atom. The van der Waals surface area contributed by atoms with Crippen molar-refractivity contribution in [3.05, 3.63) is 17.8 Å². The molecular formula is C10H18N2O. The lowest BCUT2D eigenvalue weighted by Gasteiger charge is -1.99. The molecule has 1 aromatic heterocycles. The van der Waals surface area contributed by atoms with E-state index in [4.69, 9.17) is 4.42 Å². The minimum Gasteiger partial charge on any atom is -0.446 e. The van der Waals surface area contributed by atoms with Crippen LogP contribution in [0.25, 0.3) is 0 Å². The van der Waals surface area contributed by atoms with E-state index in [-0.39, 0.29) is 0 Å². The Morgan fingerprint density at radius 2 is 2.31 bits per heavy atom. The standard InChI is InChI=1S/C10H18N2O/c1-3-6-11-7-4-5-10-12-8-9(2)13-10/h8,11H,3-7H2,1-2H3. The van der Waals surface area contributed by atoms with Crippen LogP contribution in [-0.2, 0) is 6.42 Å². The predicted octanol–water partition coefficient (Wildman–Crippen LogP) is 1.92. The fraction of sp³-hybridized carbons (Fsp3) is 0.700. The van der Waals surface area contributed by atoms with Crippen molar-refractivity contribution in [2.75, 3.05) is 13.1 Å². The molecule has 0 atom stereocenters. The molecular weight excluding hydrogens is 164 g/mol. The van der Waals surface area contributed by atoms with E-state index in [0.717, 1.165) is 37.6 Å². The van der Waals surface area contributed by atoms with Crippen LogP contribution < -0.4 is 5.32 Å². The second kappa shape index (κ2) is 5.75. The molecule has 0 spiro atoms. The Kier molecular flexibility index (Phi) is 4.54. The van der Waals surface area contributed by atoms with Crippen molar-refractivity contribution in [3.8, 4) is 0 Å². The Balaban J connectivity index is 2.06. The van der Waals surface area contributed by atoms with E-state index in [2.05, 4.69) is 17.2 Å². The molecule has 0 amide bonds. The molecule has 74 valence electrons. The fourth-order valence-corrected chi connectivity index (χ4v) is 1.18. The van der Waals surface area contributed by atoms with Gasteiger partial charge in [-0.1, -0.05) is 6.92 Å². The number of hydrogen-bond acceptors (Lipinski definition) is 3. The highest BCUT2D eigenvalue weighted by molar-refractivity contribution is 4.90. The summed E-state index contributed by atoms with van der Waals surface area (Å²) >= 11 is 0. The molecule has 0 aliphatic carbocycles. The van der Waals surface area contributed by atoms with Gasteiger partial charge in [-0.25, -0.2) is 4.98 Å². The number of nitrogens with zero attached hydrogens (tertiary/aromatic N) is 1. The van der Waals surface area contributed by atoms with Crippen LogP contribution >= 0.6 is 0 Å². The zero-order valence-corrected chi connectivity index (χ0v) is 8.47. The maximum atomic E-state index is 5.35. The first-order chi connectivity index (χ1) is 6.33. The number of rotatable bonds is 6. The van der Waals surface area contributed by atoms with Gasteiger partial charge in [-0.15, -0.1) is 0 Å². The quantitative estimate of drug-likeness (QED) is 0.683. The van der Waals surface area contributed by atoms with Crippen LogP contribution in [0.1, 0.15) is 31.4 Å². The van der Waals surface area contributed by atoms with Gasteiger partial charge in [-0.3, -0.25) is 0 Å². The summed E-state index contributed by atoms with van der Waals surface area (Å²) in [4.78, 5) is 4.14. The number of aromatic nitrogens is 1. The van der Waals surface area contributed by atoms with Crippen molar-refractivity contribution in [2.24, 2.45) is 0 Å². The Bertz CT molecular complexity index is 233. The molecule has 0 radical (unpaired) electrons. The Morgan fingerprint density at radius 1 is 1.46 bits per heavy atom. The van der Waals surface area contributed by atoms with Gasteiger partial charge in [-0.2, -0.15) is 0 Å². The van der Waals surface area contributed by atoms with Crippen molar-refractivity contribution in [3.63, 3.8) is 0 Å². The van der Waals surface area contributed by atoms with Gasteiger partial charge in [-0.05, 0) is 32.9 Å². The molecule has 0 fully saturated rings. The molecule has 0 aliphatic rings. The molecule has 0 saturated carbocycles. The topological polar surface area (TPSA) is 38.1 Å². The molecule has 1 rings (SSSR count). The minimum atomic E-state index is 0.857. The summed E-state index contributed by atoms with van der Waals surface area (Å²) in [6, 6.07) is 0. The Hall–Kier alpha value is -0.830. The van der Waals surface area contributed by atoms with E-state index in [1.807, 2.05) is 6.92 Å². The molecule has 0 aromatic carbocycles. The van der Waals surface area contributed by atoms with Crippen LogP contribution in [0.4, 0.5) is 0 Å². The van der Waals surface area contributed by atoms with Crippen LogP contribution in [0.2, 0.25) is 0 Å². The lowest BCUT2D eigenvalue weighted by molar-refractivity contribution is 0.461. The normalized spacial score (nSPS) is 10.6. The van der Waals surface area contributed by atoms with Crippen LogP contribution in [0.15, 0.2) is 10.6 Å². The van der Waals surface area contributed by atoms with Crippen molar-refractivity contribution in [1.82, 2.24) is 10.3 Å². The van der Waals surface area contributed by atoms with E-state index in [9.17, 15) is 0 Å². The van der Waals surface area contributed by atoms with E-state index >= 15 is 0 Å². The number of nitrogens with one attached hydrogen (secondary N) is 1. The first-order valence-electron chi connectivity index (χ1n) is 4.95. The summed E-state index contributed by atoms with van der Waals surface area (Å²) < 4.78 is 5.35. The third-order valence-corrected chi connectivity index (χ3v) is 1.84. The number of oxazole rings is 1. The molecule has 0 aliphatic heterocycles. The summed E-state index contributed by atoms with van der Waals surface area (Å²) in [5.74, 6) is 1.76. The highest BCUT2D eigenvalue weighted by Crippen LogP contribution is 2.03. The van der Waals surface area contributed by atoms with Gasteiger partial charge >= 0.3 is 0 Å². The zero-order chi connectivity index (χ0) is 9.52. The highest BCUT2D eigenvalue weighted by atomic mass is 16.3. The molecule has 1 N–H and O–H groups in total. The predicted molar refractivity (Wildman–Crippen MR) is 52.7 cm³/mol. The van der Waals surface area contributed by atoms with Gasteiger partial charge in [0.25, 0.3) is 0 Å². The molecule has 0 bridgehead atoms. The van der Waals surface area contributed by atoms with Crippen molar-refractivity contribution < 1.29 is 4.42 Å². The molecule has 3 heteroatoms. The number of aryl methyl sites for hydroxylation is 2. The summed E-state index contributed by atoms with van der Waals surface area (Å²) in [6.45, 7) is 6.25. The third kappa shape index (κ3) is 4.08. The van der Waals surface area contributed by atoms with Gasteiger partial charge in [0.1, 0.15) is 5.76 Å². The first kappa shape index (κ1) is 10.3. The van der Waals surface area contributed by atoms with Crippen LogP contribution in [0.5, 0.6) is 0 Å². The monoisotopic (exact) mass is 182 g/mol. The first-order valence-corrected chi connectivity index (χ1v) is 4.95. The second-order valence-electron chi connectivity index (χ2n) is 3.22. The molecule has 13 heavy (non-hydrogen) atoms. The molecule has 0 saturated heterocycles.